The number of nitrogens with one attached hydrogen (secondary N) is 1. The minimum Gasteiger partial charge on any atom is -0.467 e. The van der Waals surface area contributed by atoms with Crippen LogP contribution >= 0.6 is 0 Å². The van der Waals surface area contributed by atoms with E-state index >= 15 is 0 Å². The number of aromatic amines is 1. The fourth-order valence-electron chi connectivity index (χ4n) is 3.31. The second-order valence-electron chi connectivity index (χ2n) is 6.50. The summed E-state index contributed by atoms with van der Waals surface area (Å²) in [5.74, 6) is -0.350. The summed E-state index contributed by atoms with van der Waals surface area (Å²) >= 11 is 0. The lowest BCUT2D eigenvalue weighted by atomic mass is 10.2. The zero-order chi connectivity index (χ0) is 20.7. The number of hydrogen-bond acceptors (Lipinski definition) is 6. The monoisotopic (exact) mass is 417 g/mol. The van der Waals surface area contributed by atoms with E-state index in [4.69, 9.17) is 4.74 Å². The van der Waals surface area contributed by atoms with Crippen molar-refractivity contribution in [3.05, 3.63) is 41.6 Å². The normalized spacial score (nSPS) is 20.4. The Bertz CT molecular complexity index is 988. The summed E-state index contributed by atoms with van der Waals surface area (Å²) in [4.78, 5) is 12.8. The van der Waals surface area contributed by atoms with Crippen molar-refractivity contribution in [1.82, 2.24) is 10.2 Å². The van der Waals surface area contributed by atoms with E-state index in [0.29, 0.717) is 11.5 Å². The van der Waals surface area contributed by atoms with E-state index in [1.807, 2.05) is 0 Å². The number of alkyl halides is 3. The standard InChI is InChI=1S/C17H18F3N3O4S/c1-10-7-15(22-21-10)23-9-11(8-13(23)16(24)27-2)28(25,26)14-6-4-3-5-12(14)17(18,19)20/h3-7,11,13H,8-9H2,1-2H3,(H,21,22)/t11-,13+/m1/s1. The van der Waals surface area contributed by atoms with Crippen LogP contribution in [0.2, 0.25) is 0 Å². The van der Waals surface area contributed by atoms with Gasteiger partial charge < -0.3 is 9.64 Å². The lowest BCUT2D eigenvalue weighted by Crippen LogP contribution is -2.37. The number of rotatable bonds is 4. The molecule has 1 N–H and O–H groups in total. The molecule has 11 heteroatoms. The third-order valence-electron chi connectivity index (χ3n) is 4.66. The molecule has 1 aromatic carbocycles. The highest BCUT2D eigenvalue weighted by molar-refractivity contribution is 7.92. The van der Waals surface area contributed by atoms with Crippen molar-refractivity contribution in [3.8, 4) is 0 Å². The first kappa shape index (κ1) is 20.2. The number of aromatic nitrogens is 2. The molecule has 0 amide bonds. The van der Waals surface area contributed by atoms with Gasteiger partial charge in [-0.05, 0) is 25.5 Å². The van der Waals surface area contributed by atoms with Crippen LogP contribution in [0.3, 0.4) is 0 Å². The number of nitrogens with zero attached hydrogens (tertiary/aromatic N) is 2. The third-order valence-corrected chi connectivity index (χ3v) is 6.85. The van der Waals surface area contributed by atoms with Crippen molar-refractivity contribution in [2.75, 3.05) is 18.6 Å². The number of aryl methyl sites for hydroxylation is 1. The molecule has 1 saturated heterocycles. The number of anilines is 1. The summed E-state index contributed by atoms with van der Waals surface area (Å²) in [7, 11) is -3.20. The fraction of sp³-hybridized carbons (Fsp3) is 0.412. The van der Waals surface area contributed by atoms with E-state index < -0.39 is 43.7 Å². The van der Waals surface area contributed by atoms with Gasteiger partial charge in [-0.15, -0.1) is 0 Å². The minimum absolute atomic E-state index is 0.182. The van der Waals surface area contributed by atoms with Gasteiger partial charge in [0.15, 0.2) is 15.7 Å². The summed E-state index contributed by atoms with van der Waals surface area (Å²) in [6.07, 6.45) is -5.02. The molecule has 1 aliphatic heterocycles. The number of esters is 1. The van der Waals surface area contributed by atoms with Gasteiger partial charge in [0, 0.05) is 18.3 Å². The quantitative estimate of drug-likeness (QED) is 0.768. The fourth-order valence-corrected chi connectivity index (χ4v) is 5.22. The number of hydrogen-bond donors (Lipinski definition) is 1. The topological polar surface area (TPSA) is 92.4 Å². The molecule has 28 heavy (non-hydrogen) atoms. The van der Waals surface area contributed by atoms with E-state index in [1.54, 1.807) is 13.0 Å². The largest absolute Gasteiger partial charge is 0.467 e. The average Bonchev–Trinajstić information content (AvgIpc) is 3.27. The van der Waals surface area contributed by atoms with Gasteiger partial charge in [0.05, 0.1) is 22.8 Å². The molecule has 0 spiro atoms. The Hall–Kier alpha value is -2.56. The highest BCUT2D eigenvalue weighted by atomic mass is 32.2. The molecule has 2 heterocycles. The van der Waals surface area contributed by atoms with Crippen LogP contribution in [0.15, 0.2) is 35.2 Å². The summed E-state index contributed by atoms with van der Waals surface area (Å²) in [5, 5.41) is 5.50. The lowest BCUT2D eigenvalue weighted by Gasteiger charge is -2.21. The van der Waals surface area contributed by atoms with Crippen molar-refractivity contribution in [2.24, 2.45) is 0 Å². The van der Waals surface area contributed by atoms with Crippen molar-refractivity contribution in [1.29, 1.82) is 0 Å². The van der Waals surface area contributed by atoms with Gasteiger partial charge >= 0.3 is 12.1 Å². The van der Waals surface area contributed by atoms with Gasteiger partial charge in [-0.2, -0.15) is 18.3 Å². The zero-order valence-corrected chi connectivity index (χ0v) is 15.8. The number of ether oxygens (including phenoxy) is 1. The van der Waals surface area contributed by atoms with Crippen molar-refractivity contribution < 1.29 is 31.1 Å². The molecular weight excluding hydrogens is 399 g/mol. The van der Waals surface area contributed by atoms with Gasteiger partial charge in [0.25, 0.3) is 0 Å². The summed E-state index contributed by atoms with van der Waals surface area (Å²) in [6, 6.07) is 4.69. The molecule has 1 aliphatic rings. The smallest absolute Gasteiger partial charge is 0.417 e. The van der Waals surface area contributed by atoms with Crippen LogP contribution in [0.1, 0.15) is 17.7 Å². The molecule has 0 radical (unpaired) electrons. The van der Waals surface area contributed by atoms with Crippen molar-refractivity contribution in [3.63, 3.8) is 0 Å². The van der Waals surface area contributed by atoms with E-state index in [2.05, 4.69) is 10.2 Å². The molecular formula is C17H18F3N3O4S. The van der Waals surface area contributed by atoms with Crippen molar-refractivity contribution >= 4 is 21.6 Å². The molecule has 2 atom stereocenters. The summed E-state index contributed by atoms with van der Waals surface area (Å²) in [6.45, 7) is 1.55. The zero-order valence-electron chi connectivity index (χ0n) is 15.0. The number of sulfone groups is 1. The van der Waals surface area contributed by atoms with Crippen molar-refractivity contribution in [2.45, 2.75) is 35.7 Å². The second-order valence-corrected chi connectivity index (χ2v) is 8.69. The minimum atomic E-state index is -4.82. The number of halogens is 3. The third kappa shape index (κ3) is 3.58. The molecule has 3 rings (SSSR count). The predicted octanol–water partition coefficient (Wildman–Crippen LogP) is 2.33. The number of carbonyl (C=O) groups is 1. The van der Waals surface area contributed by atoms with Crippen LogP contribution in [0, 0.1) is 6.92 Å². The molecule has 152 valence electrons. The Labute approximate surface area is 159 Å². The lowest BCUT2D eigenvalue weighted by molar-refractivity contribution is -0.142. The van der Waals surface area contributed by atoms with Gasteiger partial charge in [0.2, 0.25) is 0 Å². The second kappa shape index (κ2) is 7.12. The van der Waals surface area contributed by atoms with Gasteiger partial charge in [-0.25, -0.2) is 13.2 Å². The first-order chi connectivity index (χ1) is 13.1. The average molecular weight is 417 g/mol. The Balaban J connectivity index is 2.01. The maximum absolute atomic E-state index is 13.3. The van der Waals surface area contributed by atoms with E-state index in [0.717, 1.165) is 25.3 Å². The van der Waals surface area contributed by atoms with E-state index in [-0.39, 0.29) is 13.0 Å². The number of carbonyl (C=O) groups excluding carboxylic acids is 1. The molecule has 0 saturated carbocycles. The van der Waals surface area contributed by atoms with Crippen LogP contribution in [-0.2, 0) is 25.5 Å². The Morgan fingerprint density at radius 2 is 2.00 bits per heavy atom. The van der Waals surface area contributed by atoms with E-state index in [1.165, 1.54) is 11.0 Å². The van der Waals surface area contributed by atoms with Crippen LogP contribution in [0.4, 0.5) is 19.0 Å². The van der Waals surface area contributed by atoms with Gasteiger partial charge in [-0.1, -0.05) is 12.1 Å². The SMILES string of the molecule is COC(=O)[C@@H]1C[C@@H](S(=O)(=O)c2ccccc2C(F)(F)F)CN1c1cc(C)[nH]n1. The summed E-state index contributed by atoms with van der Waals surface area (Å²) < 4.78 is 70.7. The molecule has 7 nitrogen and oxygen atoms in total. The molecule has 0 aliphatic carbocycles. The first-order valence-corrected chi connectivity index (χ1v) is 9.87. The number of methoxy groups -OCH3 is 1. The highest BCUT2D eigenvalue weighted by Crippen LogP contribution is 2.38. The number of benzene rings is 1. The van der Waals surface area contributed by atoms with Crippen LogP contribution in [-0.4, -0.2) is 49.5 Å². The number of H-pyrrole nitrogens is 1. The maximum Gasteiger partial charge on any atom is 0.417 e. The van der Waals surface area contributed by atoms with E-state index in [9.17, 15) is 26.4 Å². The molecule has 1 aromatic heterocycles. The highest BCUT2D eigenvalue weighted by Gasteiger charge is 2.47. The van der Waals surface area contributed by atoms with Gasteiger partial charge in [0.1, 0.15) is 6.04 Å². The predicted molar refractivity (Wildman–Crippen MR) is 93.5 cm³/mol. The van der Waals surface area contributed by atoms with Crippen LogP contribution < -0.4 is 4.90 Å². The molecule has 0 unspecified atom stereocenters. The maximum atomic E-state index is 13.3. The summed E-state index contributed by atoms with van der Waals surface area (Å²) in [5.41, 5.74) is -0.536. The molecule has 0 bridgehead atoms. The molecule has 2 aromatic rings. The molecule has 1 fully saturated rings. The Morgan fingerprint density at radius 3 is 2.57 bits per heavy atom. The Kier molecular flexibility index (Phi) is 5.13. The first-order valence-electron chi connectivity index (χ1n) is 8.32. The Morgan fingerprint density at radius 1 is 1.32 bits per heavy atom. The van der Waals surface area contributed by atoms with Crippen LogP contribution in [0.25, 0.3) is 0 Å². The van der Waals surface area contributed by atoms with Crippen LogP contribution in [0.5, 0.6) is 0 Å². The van der Waals surface area contributed by atoms with Gasteiger partial charge in [-0.3, -0.25) is 5.10 Å².